The molecule has 1 unspecified atom stereocenters. The maximum atomic E-state index is 11.9. The maximum absolute atomic E-state index is 11.9. The van der Waals surface area contributed by atoms with Crippen molar-refractivity contribution in [2.45, 2.75) is 25.8 Å². The van der Waals surface area contributed by atoms with Crippen molar-refractivity contribution in [3.63, 3.8) is 0 Å². The molecule has 0 spiro atoms. The highest BCUT2D eigenvalue weighted by atomic mass is 16.3. The van der Waals surface area contributed by atoms with Crippen molar-refractivity contribution in [1.82, 2.24) is 15.5 Å². The van der Waals surface area contributed by atoms with Gasteiger partial charge in [0.25, 0.3) is 0 Å². The van der Waals surface area contributed by atoms with Crippen molar-refractivity contribution >= 4 is 18.2 Å². The minimum atomic E-state index is -0.414. The maximum Gasteiger partial charge on any atom is 0.248 e. The van der Waals surface area contributed by atoms with Gasteiger partial charge in [-0.25, -0.2) is 0 Å². The standard InChI is InChI=1S/C12H19N3O4/c1-9(5-13-8-17)12(19)14-6-11(18)15-4-2-3-10(15)7-16/h5,8,10,16H,2-4,6-7H2,1H3,(H,13,17)(H,14,19)/b9-5-. The molecule has 1 rings (SSSR count). The summed E-state index contributed by atoms with van der Waals surface area (Å²) in [7, 11) is 0. The minimum absolute atomic E-state index is 0.0537. The van der Waals surface area contributed by atoms with Crippen LogP contribution in [0.3, 0.4) is 0 Å². The Morgan fingerprint density at radius 3 is 2.84 bits per heavy atom. The molecule has 0 bridgehead atoms. The van der Waals surface area contributed by atoms with Crippen LogP contribution >= 0.6 is 0 Å². The smallest absolute Gasteiger partial charge is 0.248 e. The molecule has 7 heteroatoms. The van der Waals surface area contributed by atoms with Gasteiger partial charge in [0, 0.05) is 18.3 Å². The summed E-state index contributed by atoms with van der Waals surface area (Å²) in [6.45, 7) is 1.98. The number of carbonyl (C=O) groups excluding carboxylic acids is 3. The fourth-order valence-electron chi connectivity index (χ4n) is 1.98. The Morgan fingerprint density at radius 2 is 2.21 bits per heavy atom. The number of hydrogen-bond donors (Lipinski definition) is 3. The molecule has 0 aromatic heterocycles. The van der Waals surface area contributed by atoms with Crippen LogP contribution < -0.4 is 10.6 Å². The van der Waals surface area contributed by atoms with E-state index in [-0.39, 0.29) is 25.1 Å². The van der Waals surface area contributed by atoms with Crippen LogP contribution in [0.4, 0.5) is 0 Å². The van der Waals surface area contributed by atoms with Crippen LogP contribution in [0, 0.1) is 0 Å². The fourth-order valence-corrected chi connectivity index (χ4v) is 1.98. The number of aliphatic hydroxyl groups is 1. The quantitative estimate of drug-likeness (QED) is 0.414. The Balaban J connectivity index is 2.41. The highest BCUT2D eigenvalue weighted by Crippen LogP contribution is 2.16. The average molecular weight is 269 g/mol. The van der Waals surface area contributed by atoms with E-state index in [9.17, 15) is 14.4 Å². The first-order valence-corrected chi connectivity index (χ1v) is 6.15. The van der Waals surface area contributed by atoms with E-state index in [1.807, 2.05) is 0 Å². The fraction of sp³-hybridized carbons (Fsp3) is 0.583. The molecule has 1 atom stereocenters. The number of rotatable bonds is 6. The lowest BCUT2D eigenvalue weighted by atomic mass is 10.2. The van der Waals surface area contributed by atoms with Gasteiger partial charge in [0.05, 0.1) is 19.2 Å². The van der Waals surface area contributed by atoms with E-state index < -0.39 is 5.91 Å². The van der Waals surface area contributed by atoms with Crippen LogP contribution in [0.5, 0.6) is 0 Å². The van der Waals surface area contributed by atoms with Crippen LogP contribution in [0.1, 0.15) is 19.8 Å². The topological polar surface area (TPSA) is 98.7 Å². The molecular weight excluding hydrogens is 250 g/mol. The first-order valence-electron chi connectivity index (χ1n) is 6.15. The van der Waals surface area contributed by atoms with E-state index in [2.05, 4.69) is 10.6 Å². The van der Waals surface area contributed by atoms with Crippen molar-refractivity contribution in [2.75, 3.05) is 19.7 Å². The van der Waals surface area contributed by atoms with E-state index in [0.717, 1.165) is 12.8 Å². The number of amides is 3. The number of nitrogens with one attached hydrogen (secondary N) is 2. The molecule has 1 saturated heterocycles. The second-order valence-electron chi connectivity index (χ2n) is 4.36. The lowest BCUT2D eigenvalue weighted by Crippen LogP contribution is -2.44. The Hall–Kier alpha value is -1.89. The van der Waals surface area contributed by atoms with Gasteiger partial charge < -0.3 is 20.6 Å². The Bertz CT molecular complexity index is 381. The summed E-state index contributed by atoms with van der Waals surface area (Å²) >= 11 is 0. The van der Waals surface area contributed by atoms with E-state index in [4.69, 9.17) is 5.11 Å². The number of nitrogens with zero attached hydrogens (tertiary/aromatic N) is 1. The number of hydrogen-bond acceptors (Lipinski definition) is 4. The highest BCUT2D eigenvalue weighted by Gasteiger charge is 2.27. The first-order chi connectivity index (χ1) is 9.10. The molecule has 0 aromatic carbocycles. The van der Waals surface area contributed by atoms with Gasteiger partial charge in [-0.05, 0) is 19.8 Å². The largest absolute Gasteiger partial charge is 0.394 e. The van der Waals surface area contributed by atoms with Crippen molar-refractivity contribution in [2.24, 2.45) is 0 Å². The van der Waals surface area contributed by atoms with Gasteiger partial charge in [-0.15, -0.1) is 0 Å². The second-order valence-corrected chi connectivity index (χ2v) is 4.36. The van der Waals surface area contributed by atoms with Crippen LogP contribution in [-0.2, 0) is 14.4 Å². The molecule has 1 fully saturated rings. The van der Waals surface area contributed by atoms with Crippen molar-refractivity contribution in [3.05, 3.63) is 11.8 Å². The Morgan fingerprint density at radius 1 is 1.47 bits per heavy atom. The molecule has 0 aliphatic carbocycles. The van der Waals surface area contributed by atoms with Crippen molar-refractivity contribution in [1.29, 1.82) is 0 Å². The molecular formula is C12H19N3O4. The van der Waals surface area contributed by atoms with Gasteiger partial charge in [-0.3, -0.25) is 14.4 Å². The summed E-state index contributed by atoms with van der Waals surface area (Å²) < 4.78 is 0. The van der Waals surface area contributed by atoms with Gasteiger partial charge in [0.2, 0.25) is 18.2 Å². The number of likely N-dealkylation sites (tertiary alicyclic amines) is 1. The zero-order valence-electron chi connectivity index (χ0n) is 10.9. The van der Waals surface area contributed by atoms with Crippen LogP contribution in [0.2, 0.25) is 0 Å². The van der Waals surface area contributed by atoms with Crippen LogP contribution in [0.15, 0.2) is 11.8 Å². The summed E-state index contributed by atoms with van der Waals surface area (Å²) in [6, 6.07) is -0.141. The lowest BCUT2D eigenvalue weighted by molar-refractivity contribution is -0.133. The van der Waals surface area contributed by atoms with Crippen molar-refractivity contribution in [3.8, 4) is 0 Å². The summed E-state index contributed by atoms with van der Waals surface area (Å²) in [5.74, 6) is -0.622. The first kappa shape index (κ1) is 15.2. The zero-order chi connectivity index (χ0) is 14.3. The molecule has 7 nitrogen and oxygen atoms in total. The van der Waals surface area contributed by atoms with Crippen LogP contribution in [0.25, 0.3) is 0 Å². The highest BCUT2D eigenvalue weighted by molar-refractivity contribution is 5.95. The average Bonchev–Trinajstić information content (AvgIpc) is 2.89. The van der Waals surface area contributed by atoms with E-state index in [1.165, 1.54) is 13.1 Å². The third kappa shape index (κ3) is 4.36. The van der Waals surface area contributed by atoms with Gasteiger partial charge in [-0.1, -0.05) is 0 Å². The third-order valence-corrected chi connectivity index (χ3v) is 3.03. The van der Waals surface area contributed by atoms with E-state index >= 15 is 0 Å². The second kappa shape index (κ2) is 7.52. The van der Waals surface area contributed by atoms with Gasteiger partial charge in [0.15, 0.2) is 0 Å². The predicted octanol–water partition coefficient (Wildman–Crippen LogP) is -1.26. The molecule has 0 radical (unpaired) electrons. The molecule has 106 valence electrons. The predicted molar refractivity (Wildman–Crippen MR) is 67.8 cm³/mol. The Labute approximate surface area is 111 Å². The molecule has 3 N–H and O–H groups in total. The lowest BCUT2D eigenvalue weighted by Gasteiger charge is -2.23. The number of aliphatic hydroxyl groups excluding tert-OH is 1. The molecule has 1 heterocycles. The van der Waals surface area contributed by atoms with E-state index in [0.29, 0.717) is 18.5 Å². The zero-order valence-corrected chi connectivity index (χ0v) is 10.9. The molecule has 1 aliphatic heterocycles. The SMILES string of the molecule is C/C(=C/NC=O)C(=O)NCC(=O)N1CCCC1CO. The summed E-state index contributed by atoms with van der Waals surface area (Å²) in [5.41, 5.74) is 0.306. The summed E-state index contributed by atoms with van der Waals surface area (Å²) in [6.07, 6.45) is 3.38. The van der Waals surface area contributed by atoms with Gasteiger partial charge in [-0.2, -0.15) is 0 Å². The minimum Gasteiger partial charge on any atom is -0.394 e. The van der Waals surface area contributed by atoms with Gasteiger partial charge >= 0.3 is 0 Å². The molecule has 3 amide bonds. The number of carbonyl (C=O) groups is 3. The van der Waals surface area contributed by atoms with Gasteiger partial charge in [0.1, 0.15) is 0 Å². The van der Waals surface area contributed by atoms with Crippen LogP contribution in [-0.4, -0.2) is 54.0 Å². The third-order valence-electron chi connectivity index (χ3n) is 3.03. The molecule has 1 aliphatic rings. The van der Waals surface area contributed by atoms with Crippen molar-refractivity contribution < 1.29 is 19.5 Å². The summed E-state index contributed by atoms with van der Waals surface area (Å²) in [5, 5.41) is 13.8. The Kier molecular flexibility index (Phi) is 6.01. The van der Waals surface area contributed by atoms with E-state index in [1.54, 1.807) is 4.90 Å². The molecule has 0 saturated carbocycles. The summed E-state index contributed by atoms with van der Waals surface area (Å²) in [4.78, 5) is 35.1. The normalized spacial score (nSPS) is 19.2. The molecule has 0 aromatic rings. The monoisotopic (exact) mass is 269 g/mol. The molecule has 19 heavy (non-hydrogen) atoms.